The second-order valence-electron chi connectivity index (χ2n) is 3.89. The number of sulfonamides is 1. The fourth-order valence-electron chi connectivity index (χ4n) is 1.69. The Morgan fingerprint density at radius 1 is 1.56 bits per heavy atom. The molecule has 90 valence electrons. The van der Waals surface area contributed by atoms with Crippen LogP contribution in [0.1, 0.15) is 6.92 Å². The fraction of sp³-hybridized carbons (Fsp3) is 0.667. The molecule has 1 fully saturated rings. The van der Waals surface area contributed by atoms with E-state index in [0.29, 0.717) is 19.7 Å². The van der Waals surface area contributed by atoms with Crippen LogP contribution in [0.5, 0.6) is 0 Å². The van der Waals surface area contributed by atoms with Crippen molar-refractivity contribution in [2.75, 3.05) is 19.7 Å². The largest absolute Gasteiger partial charge is 0.376 e. The van der Waals surface area contributed by atoms with Gasteiger partial charge in [-0.1, -0.05) is 0 Å². The Morgan fingerprint density at radius 2 is 2.31 bits per heavy atom. The number of morpholine rings is 1. The van der Waals surface area contributed by atoms with E-state index in [2.05, 4.69) is 5.10 Å². The molecule has 1 aromatic heterocycles. The van der Waals surface area contributed by atoms with Gasteiger partial charge in [0.05, 0.1) is 18.9 Å². The third kappa shape index (κ3) is 2.11. The molecule has 0 bridgehead atoms. The fourth-order valence-corrected chi connectivity index (χ4v) is 3.17. The Labute approximate surface area is 94.9 Å². The zero-order valence-electron chi connectivity index (χ0n) is 9.33. The summed E-state index contributed by atoms with van der Waals surface area (Å²) in [6.45, 7) is 3.12. The number of hydrogen-bond donors (Lipinski definition) is 0. The van der Waals surface area contributed by atoms with Crippen LogP contribution in [-0.2, 0) is 21.8 Å². The summed E-state index contributed by atoms with van der Waals surface area (Å²) >= 11 is 0. The van der Waals surface area contributed by atoms with Crippen molar-refractivity contribution < 1.29 is 13.2 Å². The molecule has 0 saturated carbocycles. The van der Waals surface area contributed by atoms with E-state index in [4.69, 9.17) is 4.74 Å². The van der Waals surface area contributed by atoms with Crippen molar-refractivity contribution >= 4 is 10.0 Å². The molecular formula is C9H15N3O3S. The van der Waals surface area contributed by atoms with E-state index in [1.807, 2.05) is 6.92 Å². The van der Waals surface area contributed by atoms with Gasteiger partial charge in [0.15, 0.2) is 0 Å². The predicted molar refractivity (Wildman–Crippen MR) is 57.4 cm³/mol. The van der Waals surface area contributed by atoms with Crippen LogP contribution >= 0.6 is 0 Å². The van der Waals surface area contributed by atoms with Crippen molar-refractivity contribution in [2.45, 2.75) is 17.9 Å². The maximum absolute atomic E-state index is 12.2. The van der Waals surface area contributed by atoms with Crippen LogP contribution in [0.2, 0.25) is 0 Å². The summed E-state index contributed by atoms with van der Waals surface area (Å²) in [5, 5.41) is 3.88. The molecule has 1 saturated heterocycles. The standard InChI is InChI=1S/C9H15N3O3S/c1-8-6-12(3-4-15-8)16(13,14)9-5-10-11(2)7-9/h5,7-8H,3-4,6H2,1-2H3/t8-/m0/s1. The monoisotopic (exact) mass is 245 g/mol. The third-order valence-corrected chi connectivity index (χ3v) is 4.34. The molecule has 0 radical (unpaired) electrons. The van der Waals surface area contributed by atoms with Gasteiger partial charge >= 0.3 is 0 Å². The van der Waals surface area contributed by atoms with E-state index in [1.54, 1.807) is 7.05 Å². The lowest BCUT2D eigenvalue weighted by Crippen LogP contribution is -2.44. The van der Waals surface area contributed by atoms with E-state index in [-0.39, 0.29) is 11.0 Å². The van der Waals surface area contributed by atoms with Crippen LogP contribution < -0.4 is 0 Å². The molecule has 1 aliphatic heterocycles. The molecule has 2 heterocycles. The number of nitrogens with zero attached hydrogens (tertiary/aromatic N) is 3. The summed E-state index contributed by atoms with van der Waals surface area (Å²) in [5.41, 5.74) is 0. The molecule has 0 unspecified atom stereocenters. The lowest BCUT2D eigenvalue weighted by atomic mass is 10.3. The highest BCUT2D eigenvalue weighted by molar-refractivity contribution is 7.89. The van der Waals surface area contributed by atoms with Gasteiger partial charge in [-0.15, -0.1) is 0 Å². The van der Waals surface area contributed by atoms with Crippen LogP contribution in [0.4, 0.5) is 0 Å². The normalized spacial score (nSPS) is 23.5. The van der Waals surface area contributed by atoms with Crippen molar-refractivity contribution in [3.8, 4) is 0 Å². The van der Waals surface area contributed by atoms with E-state index < -0.39 is 10.0 Å². The summed E-state index contributed by atoms with van der Waals surface area (Å²) in [6.07, 6.45) is 2.82. The summed E-state index contributed by atoms with van der Waals surface area (Å²) in [7, 11) is -1.71. The van der Waals surface area contributed by atoms with Crippen LogP contribution in [-0.4, -0.2) is 48.3 Å². The van der Waals surface area contributed by atoms with Crippen molar-refractivity contribution in [3.63, 3.8) is 0 Å². The van der Waals surface area contributed by atoms with E-state index >= 15 is 0 Å². The zero-order valence-corrected chi connectivity index (χ0v) is 10.1. The molecule has 2 rings (SSSR count). The number of rotatable bonds is 2. The van der Waals surface area contributed by atoms with Crippen molar-refractivity contribution in [1.82, 2.24) is 14.1 Å². The average Bonchev–Trinajstić information content (AvgIpc) is 2.65. The Bertz CT molecular complexity index is 468. The summed E-state index contributed by atoms with van der Waals surface area (Å²) in [5.74, 6) is 0. The van der Waals surface area contributed by atoms with Crippen LogP contribution in [0.3, 0.4) is 0 Å². The number of aromatic nitrogens is 2. The molecule has 1 aromatic rings. The zero-order chi connectivity index (χ0) is 11.8. The third-order valence-electron chi connectivity index (χ3n) is 2.52. The van der Waals surface area contributed by atoms with Gasteiger partial charge in [-0.2, -0.15) is 9.40 Å². The van der Waals surface area contributed by atoms with Crippen LogP contribution in [0.25, 0.3) is 0 Å². The average molecular weight is 245 g/mol. The van der Waals surface area contributed by atoms with Gasteiger partial charge in [0.1, 0.15) is 4.90 Å². The molecule has 16 heavy (non-hydrogen) atoms. The first-order chi connectivity index (χ1) is 7.50. The lowest BCUT2D eigenvalue weighted by molar-refractivity contribution is 0.0102. The number of aryl methyl sites for hydroxylation is 1. The first-order valence-corrected chi connectivity index (χ1v) is 6.54. The van der Waals surface area contributed by atoms with Crippen molar-refractivity contribution in [3.05, 3.63) is 12.4 Å². The minimum absolute atomic E-state index is 0.0554. The van der Waals surface area contributed by atoms with Crippen LogP contribution in [0.15, 0.2) is 17.3 Å². The van der Waals surface area contributed by atoms with Gasteiger partial charge < -0.3 is 4.74 Å². The van der Waals surface area contributed by atoms with E-state index in [1.165, 1.54) is 21.4 Å². The van der Waals surface area contributed by atoms with E-state index in [0.717, 1.165) is 0 Å². The molecule has 1 atom stereocenters. The molecule has 7 heteroatoms. The number of ether oxygens (including phenoxy) is 1. The Balaban J connectivity index is 2.25. The summed E-state index contributed by atoms with van der Waals surface area (Å²) < 4.78 is 32.6. The summed E-state index contributed by atoms with van der Waals surface area (Å²) in [6, 6.07) is 0. The molecule has 0 amide bonds. The molecule has 0 spiro atoms. The first-order valence-electron chi connectivity index (χ1n) is 5.10. The minimum atomic E-state index is -3.40. The highest BCUT2D eigenvalue weighted by Gasteiger charge is 2.29. The molecule has 0 N–H and O–H groups in total. The maximum atomic E-state index is 12.2. The van der Waals surface area contributed by atoms with Gasteiger partial charge in [0, 0.05) is 26.3 Å². The predicted octanol–water partition coefficient (Wildman–Crippen LogP) is -0.170. The molecular weight excluding hydrogens is 230 g/mol. The van der Waals surface area contributed by atoms with E-state index in [9.17, 15) is 8.42 Å². The molecule has 1 aliphatic rings. The van der Waals surface area contributed by atoms with Gasteiger partial charge in [-0.3, -0.25) is 4.68 Å². The smallest absolute Gasteiger partial charge is 0.246 e. The first kappa shape index (κ1) is 11.6. The van der Waals surface area contributed by atoms with Crippen molar-refractivity contribution in [2.24, 2.45) is 7.05 Å². The van der Waals surface area contributed by atoms with Crippen molar-refractivity contribution in [1.29, 1.82) is 0 Å². The van der Waals surface area contributed by atoms with Gasteiger partial charge in [0.2, 0.25) is 10.0 Å². The summed E-state index contributed by atoms with van der Waals surface area (Å²) in [4.78, 5) is 0.240. The quantitative estimate of drug-likeness (QED) is 0.725. The topological polar surface area (TPSA) is 64.4 Å². The Morgan fingerprint density at radius 3 is 2.88 bits per heavy atom. The molecule has 0 aromatic carbocycles. The van der Waals surface area contributed by atoms with Gasteiger partial charge in [-0.05, 0) is 6.92 Å². The maximum Gasteiger partial charge on any atom is 0.246 e. The Hall–Kier alpha value is -0.920. The second kappa shape index (κ2) is 4.15. The van der Waals surface area contributed by atoms with Gasteiger partial charge in [0.25, 0.3) is 0 Å². The van der Waals surface area contributed by atoms with Crippen LogP contribution in [0, 0.1) is 0 Å². The second-order valence-corrected chi connectivity index (χ2v) is 5.83. The minimum Gasteiger partial charge on any atom is -0.376 e. The highest BCUT2D eigenvalue weighted by Crippen LogP contribution is 2.17. The Kier molecular flexibility index (Phi) is 3.00. The SMILES string of the molecule is C[C@H]1CN(S(=O)(=O)c2cnn(C)c2)CCO1. The lowest BCUT2D eigenvalue weighted by Gasteiger charge is -2.29. The highest BCUT2D eigenvalue weighted by atomic mass is 32.2. The molecule has 6 nitrogen and oxygen atoms in total. The van der Waals surface area contributed by atoms with Gasteiger partial charge in [-0.25, -0.2) is 8.42 Å². The molecule has 0 aliphatic carbocycles. The number of hydrogen-bond acceptors (Lipinski definition) is 4.